The highest BCUT2D eigenvalue weighted by Crippen LogP contribution is 2.48. The molecule has 10 heavy (non-hydrogen) atoms. The Bertz CT molecular complexity index is 151. The number of nitrogens with one attached hydrogen (secondary N) is 1. The van der Waals surface area contributed by atoms with Crippen LogP contribution in [0.4, 0.5) is 0 Å². The van der Waals surface area contributed by atoms with Crippen LogP contribution >= 0.6 is 0 Å². The Hall–Kier alpha value is -0.300. The Kier molecular flexibility index (Phi) is 1.53. The molecule has 0 aromatic heterocycles. The molecule has 0 heterocycles. The van der Waals surface area contributed by atoms with Crippen LogP contribution in [0.25, 0.3) is 0 Å². The summed E-state index contributed by atoms with van der Waals surface area (Å²) in [6, 6.07) is 0. The van der Waals surface area contributed by atoms with Crippen molar-refractivity contribution in [2.24, 2.45) is 17.8 Å². The van der Waals surface area contributed by atoms with Gasteiger partial charge in [-0.15, -0.1) is 0 Å². The van der Waals surface area contributed by atoms with Gasteiger partial charge in [-0.3, -0.25) is 0 Å². The van der Waals surface area contributed by atoms with E-state index in [2.05, 4.69) is 24.4 Å². The molecule has 0 bridgehead atoms. The molecule has 0 aliphatic heterocycles. The minimum atomic E-state index is 0.957. The second-order valence-corrected chi connectivity index (χ2v) is 3.43. The van der Waals surface area contributed by atoms with Crippen LogP contribution in [-0.4, -0.2) is 13.1 Å². The molecule has 0 aromatic carbocycles. The van der Waals surface area contributed by atoms with Crippen molar-refractivity contribution in [2.45, 2.75) is 13.3 Å². The average molecular weight is 137 g/mol. The van der Waals surface area contributed by atoms with Crippen LogP contribution in [0.15, 0.2) is 12.2 Å². The maximum atomic E-state index is 3.40. The highest BCUT2D eigenvalue weighted by atomic mass is 14.9. The summed E-state index contributed by atoms with van der Waals surface area (Å²) in [5.41, 5.74) is 0. The summed E-state index contributed by atoms with van der Waals surface area (Å²) in [4.78, 5) is 0. The molecule has 1 saturated carbocycles. The lowest BCUT2D eigenvalue weighted by Gasteiger charge is -2.47. The third kappa shape index (κ3) is 0.807. The fraction of sp³-hybridized carbons (Fsp3) is 0.778. The Labute approximate surface area is 62.5 Å². The lowest BCUT2D eigenvalue weighted by atomic mass is 9.58. The molecular weight excluding hydrogens is 122 g/mol. The fourth-order valence-electron chi connectivity index (χ4n) is 2.00. The molecule has 3 atom stereocenters. The van der Waals surface area contributed by atoms with Crippen LogP contribution in [0.5, 0.6) is 0 Å². The molecule has 0 amide bonds. The van der Waals surface area contributed by atoms with Gasteiger partial charge in [0.1, 0.15) is 0 Å². The van der Waals surface area contributed by atoms with Gasteiger partial charge in [0, 0.05) is 0 Å². The minimum absolute atomic E-state index is 0.957. The fourth-order valence-corrected chi connectivity index (χ4v) is 2.00. The Morgan fingerprint density at radius 2 is 2.40 bits per heavy atom. The molecule has 0 saturated heterocycles. The summed E-state index contributed by atoms with van der Waals surface area (Å²) in [6.07, 6.45) is 6.16. The quantitative estimate of drug-likeness (QED) is 0.580. The van der Waals surface area contributed by atoms with Crippen LogP contribution in [0.1, 0.15) is 13.3 Å². The van der Waals surface area contributed by atoms with Crippen LogP contribution in [-0.2, 0) is 0 Å². The summed E-state index contributed by atoms with van der Waals surface area (Å²) in [7, 11) is 0. The molecule has 56 valence electrons. The van der Waals surface area contributed by atoms with E-state index in [-0.39, 0.29) is 0 Å². The molecule has 2 rings (SSSR count). The zero-order valence-corrected chi connectivity index (χ0v) is 6.51. The lowest BCUT2D eigenvalue weighted by Crippen LogP contribution is -2.44. The van der Waals surface area contributed by atoms with Crippen molar-refractivity contribution >= 4 is 0 Å². The van der Waals surface area contributed by atoms with Crippen molar-refractivity contribution < 1.29 is 0 Å². The molecule has 3 unspecified atom stereocenters. The van der Waals surface area contributed by atoms with E-state index in [4.69, 9.17) is 0 Å². The molecule has 2 aliphatic carbocycles. The van der Waals surface area contributed by atoms with Gasteiger partial charge in [0.25, 0.3) is 0 Å². The monoisotopic (exact) mass is 137 g/mol. The maximum Gasteiger partial charge on any atom is -0.00146 e. The lowest BCUT2D eigenvalue weighted by molar-refractivity contribution is 0.124. The van der Waals surface area contributed by atoms with E-state index >= 15 is 0 Å². The topological polar surface area (TPSA) is 12.0 Å². The van der Waals surface area contributed by atoms with Crippen molar-refractivity contribution in [1.29, 1.82) is 0 Å². The second-order valence-electron chi connectivity index (χ2n) is 3.43. The van der Waals surface area contributed by atoms with E-state index < -0.39 is 0 Å². The molecule has 1 fully saturated rings. The predicted molar refractivity (Wildman–Crippen MR) is 42.8 cm³/mol. The van der Waals surface area contributed by atoms with Crippen molar-refractivity contribution in [3.63, 3.8) is 0 Å². The first-order chi connectivity index (χ1) is 4.92. The molecule has 1 N–H and O–H groups in total. The van der Waals surface area contributed by atoms with E-state index in [1.807, 2.05) is 0 Å². The summed E-state index contributed by atoms with van der Waals surface area (Å²) < 4.78 is 0. The second kappa shape index (κ2) is 2.39. The number of allylic oxidation sites excluding steroid dienone is 2. The van der Waals surface area contributed by atoms with Crippen molar-refractivity contribution in [3.8, 4) is 0 Å². The SMILES string of the molecule is CCNCC1CC2C=CC21. The molecular formula is C9H15N. The minimum Gasteiger partial charge on any atom is -0.317 e. The smallest absolute Gasteiger partial charge is 0.00146 e. The van der Waals surface area contributed by atoms with Gasteiger partial charge in [-0.2, -0.15) is 0 Å². The Balaban J connectivity index is 1.72. The van der Waals surface area contributed by atoms with E-state index in [1.54, 1.807) is 0 Å². The summed E-state index contributed by atoms with van der Waals surface area (Å²) in [5, 5.41) is 3.40. The first kappa shape index (κ1) is 6.41. The Morgan fingerprint density at radius 1 is 1.50 bits per heavy atom. The van der Waals surface area contributed by atoms with Gasteiger partial charge in [0.2, 0.25) is 0 Å². The van der Waals surface area contributed by atoms with Crippen molar-refractivity contribution in [3.05, 3.63) is 12.2 Å². The third-order valence-electron chi connectivity index (χ3n) is 2.85. The largest absolute Gasteiger partial charge is 0.317 e. The number of rotatable bonds is 3. The Morgan fingerprint density at radius 3 is 2.80 bits per heavy atom. The zero-order chi connectivity index (χ0) is 6.97. The zero-order valence-electron chi connectivity index (χ0n) is 6.51. The van der Waals surface area contributed by atoms with Gasteiger partial charge in [-0.05, 0) is 37.3 Å². The van der Waals surface area contributed by atoms with Crippen molar-refractivity contribution in [2.75, 3.05) is 13.1 Å². The van der Waals surface area contributed by atoms with E-state index in [0.29, 0.717) is 0 Å². The number of hydrogen-bond donors (Lipinski definition) is 1. The predicted octanol–water partition coefficient (Wildman–Crippen LogP) is 1.42. The van der Waals surface area contributed by atoms with Crippen LogP contribution < -0.4 is 5.32 Å². The molecule has 0 spiro atoms. The number of fused-ring (bicyclic) bond motifs is 1. The summed E-state index contributed by atoms with van der Waals surface area (Å²) in [6.45, 7) is 4.53. The highest BCUT2D eigenvalue weighted by molar-refractivity contribution is 5.18. The molecule has 1 nitrogen and oxygen atoms in total. The van der Waals surface area contributed by atoms with E-state index in [9.17, 15) is 0 Å². The molecule has 2 aliphatic rings. The normalized spacial score (nSPS) is 41.9. The third-order valence-corrected chi connectivity index (χ3v) is 2.85. The maximum absolute atomic E-state index is 3.40. The molecule has 1 heteroatoms. The van der Waals surface area contributed by atoms with E-state index in [0.717, 1.165) is 24.3 Å². The first-order valence-corrected chi connectivity index (χ1v) is 4.31. The van der Waals surface area contributed by atoms with Crippen LogP contribution in [0, 0.1) is 17.8 Å². The number of hydrogen-bond acceptors (Lipinski definition) is 1. The van der Waals surface area contributed by atoms with Gasteiger partial charge in [0.05, 0.1) is 0 Å². The van der Waals surface area contributed by atoms with Gasteiger partial charge in [-0.25, -0.2) is 0 Å². The van der Waals surface area contributed by atoms with Gasteiger partial charge in [-0.1, -0.05) is 19.1 Å². The molecule has 0 aromatic rings. The first-order valence-electron chi connectivity index (χ1n) is 4.31. The van der Waals surface area contributed by atoms with Gasteiger partial charge < -0.3 is 5.32 Å². The standard InChI is InChI=1S/C9H15N/c1-2-10-6-8-5-7-3-4-9(7)8/h3-4,7-10H,2,5-6H2,1H3. The van der Waals surface area contributed by atoms with Crippen molar-refractivity contribution in [1.82, 2.24) is 5.32 Å². The van der Waals surface area contributed by atoms with Gasteiger partial charge >= 0.3 is 0 Å². The molecule has 0 radical (unpaired) electrons. The average Bonchev–Trinajstić information content (AvgIpc) is 1.92. The highest BCUT2D eigenvalue weighted by Gasteiger charge is 2.41. The summed E-state index contributed by atoms with van der Waals surface area (Å²) in [5.74, 6) is 2.90. The summed E-state index contributed by atoms with van der Waals surface area (Å²) >= 11 is 0. The van der Waals surface area contributed by atoms with Crippen LogP contribution in [0.2, 0.25) is 0 Å². The van der Waals surface area contributed by atoms with E-state index in [1.165, 1.54) is 13.0 Å². The van der Waals surface area contributed by atoms with Gasteiger partial charge in [0.15, 0.2) is 0 Å². The van der Waals surface area contributed by atoms with Crippen LogP contribution in [0.3, 0.4) is 0 Å².